The summed E-state index contributed by atoms with van der Waals surface area (Å²) in [5, 5.41) is 2.11. The summed E-state index contributed by atoms with van der Waals surface area (Å²) < 4.78 is 0. The smallest absolute Gasteiger partial charge is 0.180 e. The largest absolute Gasteiger partial charge is 0.375 e. The van der Waals surface area contributed by atoms with E-state index in [1.807, 2.05) is 0 Å². The fourth-order valence-corrected chi connectivity index (χ4v) is 1.30. The van der Waals surface area contributed by atoms with Crippen molar-refractivity contribution in [2.24, 2.45) is 0 Å². The van der Waals surface area contributed by atoms with E-state index in [-0.39, 0.29) is 0 Å². The van der Waals surface area contributed by atoms with Gasteiger partial charge in [-0.15, -0.1) is 11.3 Å². The zero-order valence-corrected chi connectivity index (χ0v) is 7.02. The van der Waals surface area contributed by atoms with E-state index in [4.69, 9.17) is 17.3 Å². The number of carbonyl (C=O) groups is 1. The minimum atomic E-state index is 0.347. The zero-order chi connectivity index (χ0) is 8.27. The highest BCUT2D eigenvalue weighted by Crippen LogP contribution is 2.17. The van der Waals surface area contributed by atoms with Crippen LogP contribution in [0, 0.1) is 0 Å². The molecule has 1 rings (SSSR count). The molecule has 0 atom stereocenters. The number of carbonyl (C=O) groups excluding carboxylic acids is 1. The van der Waals surface area contributed by atoms with E-state index in [1.54, 1.807) is 5.38 Å². The van der Waals surface area contributed by atoms with Crippen molar-refractivity contribution >= 4 is 39.9 Å². The standard InChI is InChI=1S/C6H5ClN2OS/c7-1-4(2-10)5-3-11-6(8)9-5/h1-3H,(H2,8,9)/b4-1+. The van der Waals surface area contributed by atoms with Crippen LogP contribution in [0.2, 0.25) is 0 Å². The Balaban J connectivity index is 3.00. The van der Waals surface area contributed by atoms with Gasteiger partial charge in [-0.2, -0.15) is 0 Å². The van der Waals surface area contributed by atoms with Crippen LogP contribution in [-0.4, -0.2) is 11.3 Å². The van der Waals surface area contributed by atoms with Gasteiger partial charge in [-0.3, -0.25) is 4.79 Å². The van der Waals surface area contributed by atoms with Crippen LogP contribution < -0.4 is 5.73 Å². The first-order valence-corrected chi connectivity index (χ1v) is 4.06. The van der Waals surface area contributed by atoms with Gasteiger partial charge in [-0.1, -0.05) is 11.6 Å². The first kappa shape index (κ1) is 8.23. The number of allylic oxidation sites excluding steroid dienone is 1. The Bertz CT molecular complexity index is 295. The lowest BCUT2D eigenvalue weighted by Gasteiger charge is -1.87. The molecule has 0 aromatic carbocycles. The number of thiazole rings is 1. The van der Waals surface area contributed by atoms with Crippen molar-refractivity contribution < 1.29 is 4.79 Å². The third kappa shape index (κ3) is 1.78. The van der Waals surface area contributed by atoms with Crippen LogP contribution in [0.4, 0.5) is 5.13 Å². The minimum absolute atomic E-state index is 0.347. The van der Waals surface area contributed by atoms with Crippen molar-refractivity contribution in [3.8, 4) is 0 Å². The summed E-state index contributed by atoms with van der Waals surface area (Å²) in [5.41, 5.74) is 7.40. The number of aldehydes is 1. The summed E-state index contributed by atoms with van der Waals surface area (Å²) in [6, 6.07) is 0. The molecule has 11 heavy (non-hydrogen) atoms. The maximum atomic E-state index is 10.3. The Morgan fingerprint density at radius 3 is 2.91 bits per heavy atom. The predicted molar refractivity (Wildman–Crippen MR) is 46.4 cm³/mol. The molecule has 1 aromatic heterocycles. The fourth-order valence-electron chi connectivity index (χ4n) is 0.562. The lowest BCUT2D eigenvalue weighted by molar-refractivity contribution is -0.103. The monoisotopic (exact) mass is 188 g/mol. The highest BCUT2D eigenvalue weighted by molar-refractivity contribution is 7.13. The van der Waals surface area contributed by atoms with E-state index in [0.717, 1.165) is 0 Å². The van der Waals surface area contributed by atoms with Crippen molar-refractivity contribution in [2.45, 2.75) is 0 Å². The van der Waals surface area contributed by atoms with Crippen LogP contribution in [0.5, 0.6) is 0 Å². The normalized spacial score (nSPS) is 11.5. The highest BCUT2D eigenvalue weighted by atomic mass is 35.5. The van der Waals surface area contributed by atoms with E-state index in [2.05, 4.69) is 4.98 Å². The van der Waals surface area contributed by atoms with Crippen LogP contribution in [0.25, 0.3) is 5.57 Å². The first-order chi connectivity index (χ1) is 5.27. The van der Waals surface area contributed by atoms with Crippen LogP contribution >= 0.6 is 22.9 Å². The van der Waals surface area contributed by atoms with Crippen molar-refractivity contribution in [3.63, 3.8) is 0 Å². The Hall–Kier alpha value is -0.870. The highest BCUT2D eigenvalue weighted by Gasteiger charge is 2.02. The molecule has 0 bridgehead atoms. The van der Waals surface area contributed by atoms with Gasteiger partial charge >= 0.3 is 0 Å². The Morgan fingerprint density at radius 2 is 2.55 bits per heavy atom. The molecule has 0 radical (unpaired) electrons. The molecule has 0 saturated carbocycles. The summed E-state index contributed by atoms with van der Waals surface area (Å²) in [7, 11) is 0. The molecule has 2 N–H and O–H groups in total. The molecule has 0 unspecified atom stereocenters. The lowest BCUT2D eigenvalue weighted by Crippen LogP contribution is -1.87. The number of rotatable bonds is 2. The number of halogens is 1. The van der Waals surface area contributed by atoms with Crippen LogP contribution in [-0.2, 0) is 4.79 Å². The zero-order valence-electron chi connectivity index (χ0n) is 5.45. The number of nitrogens with two attached hydrogens (primary N) is 1. The number of hydrogen-bond acceptors (Lipinski definition) is 4. The summed E-state index contributed by atoms with van der Waals surface area (Å²) >= 11 is 6.61. The van der Waals surface area contributed by atoms with Crippen LogP contribution in [0.15, 0.2) is 10.9 Å². The van der Waals surface area contributed by atoms with Gasteiger partial charge in [0.25, 0.3) is 0 Å². The third-order valence-electron chi connectivity index (χ3n) is 1.06. The maximum absolute atomic E-state index is 10.3. The fraction of sp³-hybridized carbons (Fsp3) is 0. The molecule has 0 amide bonds. The Labute approximate surface area is 72.5 Å². The molecule has 0 saturated heterocycles. The topological polar surface area (TPSA) is 56.0 Å². The third-order valence-corrected chi connectivity index (χ3v) is 1.97. The van der Waals surface area contributed by atoms with E-state index >= 15 is 0 Å². The summed E-state index contributed by atoms with van der Waals surface area (Å²) in [6.07, 6.45) is 0.640. The van der Waals surface area contributed by atoms with Crippen molar-refractivity contribution in [3.05, 3.63) is 16.6 Å². The first-order valence-electron chi connectivity index (χ1n) is 2.75. The van der Waals surface area contributed by atoms with E-state index in [0.29, 0.717) is 22.7 Å². The molecule has 0 aliphatic carbocycles. The molecular weight excluding hydrogens is 184 g/mol. The lowest BCUT2D eigenvalue weighted by atomic mass is 10.3. The quantitative estimate of drug-likeness (QED) is 0.565. The number of nitrogen functional groups attached to an aromatic ring is 1. The van der Waals surface area contributed by atoms with Crippen molar-refractivity contribution in [2.75, 3.05) is 5.73 Å². The van der Waals surface area contributed by atoms with E-state index in [1.165, 1.54) is 16.9 Å². The molecule has 1 heterocycles. The molecule has 0 fully saturated rings. The molecule has 3 nitrogen and oxygen atoms in total. The molecule has 0 spiro atoms. The minimum Gasteiger partial charge on any atom is -0.375 e. The Kier molecular flexibility index (Phi) is 2.62. The maximum Gasteiger partial charge on any atom is 0.180 e. The van der Waals surface area contributed by atoms with E-state index < -0.39 is 0 Å². The molecule has 1 aromatic rings. The second kappa shape index (κ2) is 3.50. The molecule has 5 heteroatoms. The molecule has 0 aliphatic rings. The number of nitrogens with zero attached hydrogens (tertiary/aromatic N) is 1. The summed E-state index contributed by atoms with van der Waals surface area (Å²) in [4.78, 5) is 14.2. The average molecular weight is 189 g/mol. The molecule has 58 valence electrons. The van der Waals surface area contributed by atoms with Gasteiger partial charge in [0.15, 0.2) is 11.4 Å². The summed E-state index contributed by atoms with van der Waals surface area (Å²) in [6.45, 7) is 0. The van der Waals surface area contributed by atoms with Gasteiger partial charge in [0, 0.05) is 10.9 Å². The van der Waals surface area contributed by atoms with Gasteiger partial charge < -0.3 is 5.73 Å². The van der Waals surface area contributed by atoms with Gasteiger partial charge in [-0.05, 0) is 0 Å². The number of aromatic nitrogens is 1. The second-order valence-electron chi connectivity index (χ2n) is 1.75. The van der Waals surface area contributed by atoms with Crippen LogP contribution in [0.1, 0.15) is 5.69 Å². The van der Waals surface area contributed by atoms with Gasteiger partial charge in [0.05, 0.1) is 11.3 Å². The van der Waals surface area contributed by atoms with Crippen molar-refractivity contribution in [1.29, 1.82) is 0 Å². The van der Waals surface area contributed by atoms with Gasteiger partial charge in [0.2, 0.25) is 0 Å². The van der Waals surface area contributed by atoms with Gasteiger partial charge in [0.1, 0.15) is 0 Å². The molecular formula is C6H5ClN2OS. The van der Waals surface area contributed by atoms with Crippen molar-refractivity contribution in [1.82, 2.24) is 4.98 Å². The Morgan fingerprint density at radius 1 is 1.82 bits per heavy atom. The van der Waals surface area contributed by atoms with Gasteiger partial charge in [-0.25, -0.2) is 4.98 Å². The predicted octanol–water partition coefficient (Wildman–Crippen LogP) is 1.50. The number of anilines is 1. The second-order valence-corrected chi connectivity index (χ2v) is 2.86. The number of hydrogen-bond donors (Lipinski definition) is 1. The summed E-state index contributed by atoms with van der Waals surface area (Å²) in [5.74, 6) is 0. The van der Waals surface area contributed by atoms with Crippen LogP contribution in [0.3, 0.4) is 0 Å². The van der Waals surface area contributed by atoms with E-state index in [9.17, 15) is 4.79 Å². The molecule has 0 aliphatic heterocycles. The SMILES string of the molecule is Nc1nc(/C(C=O)=C/Cl)cs1. The average Bonchev–Trinajstić information content (AvgIpc) is 2.39.